The number of pyridine rings is 1. The van der Waals surface area contributed by atoms with Gasteiger partial charge in [0, 0.05) is 18.5 Å². The number of benzene rings is 1. The zero-order valence-electron chi connectivity index (χ0n) is 14.2. The van der Waals surface area contributed by atoms with E-state index in [0.717, 1.165) is 30.9 Å². The van der Waals surface area contributed by atoms with Crippen LogP contribution in [-0.2, 0) is 4.74 Å². The molecule has 1 saturated heterocycles. The van der Waals surface area contributed by atoms with E-state index >= 15 is 0 Å². The lowest BCUT2D eigenvalue weighted by Crippen LogP contribution is -2.25. The zero-order valence-corrected chi connectivity index (χ0v) is 15.1. The summed E-state index contributed by atoms with van der Waals surface area (Å²) in [6.45, 7) is 1.39. The Hall–Kier alpha value is -2.05. The zero-order chi connectivity index (χ0) is 17.5. The van der Waals surface area contributed by atoms with Crippen LogP contribution in [0.5, 0.6) is 5.75 Å². The van der Waals surface area contributed by atoms with Crippen LogP contribution in [0.4, 0.5) is 5.69 Å². The van der Waals surface area contributed by atoms with Crippen LogP contribution in [0.2, 0.25) is 0 Å². The fraction of sp³-hybridized carbons (Fsp3) is 0.368. The van der Waals surface area contributed by atoms with E-state index in [1.54, 1.807) is 18.3 Å². The van der Waals surface area contributed by atoms with E-state index in [4.69, 9.17) is 9.47 Å². The number of nitrogens with one attached hydrogen (secondary N) is 1. The number of hydrogen-bond donors (Lipinski definition) is 1. The maximum atomic E-state index is 12.4. The fourth-order valence-electron chi connectivity index (χ4n) is 2.69. The van der Waals surface area contributed by atoms with Crippen LogP contribution in [0, 0.1) is 0 Å². The summed E-state index contributed by atoms with van der Waals surface area (Å²) < 4.78 is 11.4. The van der Waals surface area contributed by atoms with Crippen LogP contribution in [0.15, 0.2) is 47.6 Å². The number of rotatable bonds is 6. The minimum Gasteiger partial charge on any atom is -0.491 e. The van der Waals surface area contributed by atoms with Gasteiger partial charge in [-0.25, -0.2) is 4.98 Å². The molecule has 1 N–H and O–H groups in total. The molecule has 6 heteroatoms. The van der Waals surface area contributed by atoms with Crippen LogP contribution >= 0.6 is 11.8 Å². The highest BCUT2D eigenvalue weighted by Gasteiger charge is 2.15. The Bertz CT molecular complexity index is 700. The SMILES string of the molecule is CSc1ncccc1C(=O)Nc1ccc(OCC2CCCCO2)cc1. The van der Waals surface area contributed by atoms with Gasteiger partial charge >= 0.3 is 0 Å². The van der Waals surface area contributed by atoms with E-state index < -0.39 is 0 Å². The topological polar surface area (TPSA) is 60.5 Å². The van der Waals surface area contributed by atoms with Crippen LogP contribution < -0.4 is 10.1 Å². The first kappa shape index (κ1) is 17.8. The van der Waals surface area contributed by atoms with Crippen molar-refractivity contribution in [2.45, 2.75) is 30.4 Å². The molecule has 0 bridgehead atoms. The van der Waals surface area contributed by atoms with Crippen LogP contribution in [0.25, 0.3) is 0 Å². The molecule has 2 heterocycles. The summed E-state index contributed by atoms with van der Waals surface area (Å²) in [7, 11) is 0. The predicted octanol–water partition coefficient (Wildman–Crippen LogP) is 4.00. The van der Waals surface area contributed by atoms with E-state index in [9.17, 15) is 4.79 Å². The number of anilines is 1. The van der Waals surface area contributed by atoms with Gasteiger partial charge in [-0.3, -0.25) is 4.79 Å². The lowest BCUT2D eigenvalue weighted by molar-refractivity contribution is -0.0110. The monoisotopic (exact) mass is 358 g/mol. The maximum absolute atomic E-state index is 12.4. The van der Waals surface area contributed by atoms with Gasteiger partial charge in [0.25, 0.3) is 5.91 Å². The molecule has 2 aromatic rings. The summed E-state index contributed by atoms with van der Waals surface area (Å²) in [5.74, 6) is 0.611. The van der Waals surface area contributed by atoms with Gasteiger partial charge in [-0.2, -0.15) is 0 Å². The van der Waals surface area contributed by atoms with Crippen molar-refractivity contribution >= 4 is 23.4 Å². The first-order valence-electron chi connectivity index (χ1n) is 8.41. The number of nitrogens with zero attached hydrogens (tertiary/aromatic N) is 1. The lowest BCUT2D eigenvalue weighted by Gasteiger charge is -2.22. The molecule has 0 saturated carbocycles. The van der Waals surface area contributed by atoms with Gasteiger partial charge in [-0.05, 0) is 61.9 Å². The summed E-state index contributed by atoms with van der Waals surface area (Å²) in [6.07, 6.45) is 7.16. The van der Waals surface area contributed by atoms with E-state index in [1.165, 1.54) is 18.2 Å². The Balaban J connectivity index is 1.55. The third kappa shape index (κ3) is 4.96. The van der Waals surface area contributed by atoms with Gasteiger partial charge < -0.3 is 14.8 Å². The Labute approximate surface area is 152 Å². The molecule has 1 aromatic carbocycles. The van der Waals surface area contributed by atoms with Crippen molar-refractivity contribution in [1.82, 2.24) is 4.98 Å². The molecule has 1 aliphatic heterocycles. The average molecular weight is 358 g/mol. The molecule has 1 amide bonds. The molecule has 0 radical (unpaired) electrons. The summed E-state index contributed by atoms with van der Waals surface area (Å²) in [4.78, 5) is 16.6. The highest BCUT2D eigenvalue weighted by Crippen LogP contribution is 2.21. The predicted molar refractivity (Wildman–Crippen MR) is 99.5 cm³/mol. The Morgan fingerprint density at radius 1 is 1.32 bits per heavy atom. The van der Waals surface area contributed by atoms with E-state index in [1.807, 2.05) is 30.5 Å². The minimum atomic E-state index is -0.165. The van der Waals surface area contributed by atoms with Gasteiger partial charge in [0.2, 0.25) is 0 Å². The molecule has 132 valence electrons. The number of aromatic nitrogens is 1. The minimum absolute atomic E-state index is 0.165. The van der Waals surface area contributed by atoms with Gasteiger partial charge in [0.05, 0.1) is 11.7 Å². The Morgan fingerprint density at radius 3 is 2.88 bits per heavy atom. The van der Waals surface area contributed by atoms with Crippen LogP contribution in [0.3, 0.4) is 0 Å². The van der Waals surface area contributed by atoms with Gasteiger partial charge in [-0.15, -0.1) is 11.8 Å². The number of ether oxygens (including phenoxy) is 2. The second kappa shape index (κ2) is 8.87. The second-order valence-electron chi connectivity index (χ2n) is 5.84. The highest BCUT2D eigenvalue weighted by molar-refractivity contribution is 7.98. The Kier molecular flexibility index (Phi) is 6.30. The van der Waals surface area contributed by atoms with Crippen LogP contribution in [0.1, 0.15) is 29.6 Å². The average Bonchev–Trinajstić information content (AvgIpc) is 2.68. The first-order valence-corrected chi connectivity index (χ1v) is 9.63. The largest absolute Gasteiger partial charge is 0.491 e. The van der Waals surface area contributed by atoms with Crippen LogP contribution in [-0.4, -0.2) is 36.5 Å². The quantitative estimate of drug-likeness (QED) is 0.791. The molecule has 25 heavy (non-hydrogen) atoms. The number of amides is 1. The van der Waals surface area contributed by atoms with Gasteiger partial charge in [0.15, 0.2) is 0 Å². The third-order valence-corrected chi connectivity index (χ3v) is 4.74. The molecule has 1 aromatic heterocycles. The van der Waals surface area contributed by atoms with Crippen molar-refractivity contribution in [3.8, 4) is 5.75 Å². The Morgan fingerprint density at radius 2 is 2.16 bits per heavy atom. The van der Waals surface area contributed by atoms with Crippen molar-refractivity contribution in [3.63, 3.8) is 0 Å². The van der Waals surface area contributed by atoms with Crippen molar-refractivity contribution in [3.05, 3.63) is 48.2 Å². The second-order valence-corrected chi connectivity index (χ2v) is 6.63. The van der Waals surface area contributed by atoms with Crippen molar-refractivity contribution < 1.29 is 14.3 Å². The van der Waals surface area contributed by atoms with E-state index in [-0.39, 0.29) is 12.0 Å². The summed E-state index contributed by atoms with van der Waals surface area (Å²) >= 11 is 1.45. The molecule has 1 fully saturated rings. The molecule has 5 nitrogen and oxygen atoms in total. The molecule has 0 aliphatic carbocycles. The van der Waals surface area contributed by atoms with Crippen molar-refractivity contribution in [2.24, 2.45) is 0 Å². The number of carbonyl (C=O) groups is 1. The normalized spacial score (nSPS) is 17.1. The molecular formula is C19H22N2O3S. The third-order valence-electron chi connectivity index (χ3n) is 4.03. The molecule has 3 rings (SSSR count). The molecular weight excluding hydrogens is 336 g/mol. The van der Waals surface area contributed by atoms with E-state index in [2.05, 4.69) is 10.3 Å². The maximum Gasteiger partial charge on any atom is 0.258 e. The first-order chi connectivity index (χ1) is 12.3. The highest BCUT2D eigenvalue weighted by atomic mass is 32.2. The van der Waals surface area contributed by atoms with E-state index in [0.29, 0.717) is 17.2 Å². The number of hydrogen-bond acceptors (Lipinski definition) is 5. The van der Waals surface area contributed by atoms with Gasteiger partial charge in [0.1, 0.15) is 17.4 Å². The number of thioether (sulfide) groups is 1. The summed E-state index contributed by atoms with van der Waals surface area (Å²) in [5.41, 5.74) is 1.30. The molecule has 1 unspecified atom stereocenters. The summed E-state index contributed by atoms with van der Waals surface area (Å²) in [6, 6.07) is 10.9. The molecule has 0 spiro atoms. The fourth-order valence-corrected chi connectivity index (χ4v) is 3.23. The lowest BCUT2D eigenvalue weighted by atomic mass is 10.1. The van der Waals surface area contributed by atoms with Crippen molar-refractivity contribution in [2.75, 3.05) is 24.8 Å². The molecule has 1 aliphatic rings. The molecule has 1 atom stereocenters. The standard InChI is InChI=1S/C19H22N2O3S/c1-25-19-17(6-4-11-20-19)18(22)21-14-7-9-15(10-8-14)24-13-16-5-2-3-12-23-16/h4,6-11,16H,2-3,5,12-13H2,1H3,(H,21,22). The van der Waals surface area contributed by atoms with Gasteiger partial charge in [-0.1, -0.05) is 0 Å². The number of carbonyl (C=O) groups excluding carboxylic acids is 1. The van der Waals surface area contributed by atoms with Crippen molar-refractivity contribution in [1.29, 1.82) is 0 Å². The summed E-state index contributed by atoms with van der Waals surface area (Å²) in [5, 5.41) is 3.61. The smallest absolute Gasteiger partial charge is 0.258 e.